The second kappa shape index (κ2) is 16.5. The van der Waals surface area contributed by atoms with Crippen molar-refractivity contribution in [3.8, 4) is 28.0 Å². The van der Waals surface area contributed by atoms with Crippen LogP contribution >= 0.6 is 0 Å². The van der Waals surface area contributed by atoms with E-state index in [4.69, 9.17) is 4.74 Å². The molecule has 0 aromatic heterocycles. The fraction of sp³-hybridized carbons (Fsp3) is 0.512. The Morgan fingerprint density at radius 3 is 2.02 bits per heavy atom. The van der Waals surface area contributed by atoms with E-state index in [1.807, 2.05) is 24.3 Å². The zero-order valence-electron chi connectivity index (χ0n) is 27.4. The molecule has 1 unspecified atom stereocenters. The maximum atomic E-state index is 15.4. The molecule has 2 aliphatic carbocycles. The minimum Gasteiger partial charge on any atom is -0.490 e. The van der Waals surface area contributed by atoms with Crippen LogP contribution in [0.3, 0.4) is 0 Å². The van der Waals surface area contributed by atoms with Gasteiger partial charge < -0.3 is 4.74 Å². The molecular weight excluding hydrogens is 565 g/mol. The molecule has 0 heterocycles. The summed E-state index contributed by atoms with van der Waals surface area (Å²) in [5.41, 5.74) is 4.19. The minimum absolute atomic E-state index is 0.0462. The van der Waals surface area contributed by atoms with E-state index in [9.17, 15) is 4.39 Å². The maximum Gasteiger partial charge on any atom is 0.201 e. The first-order valence-corrected chi connectivity index (χ1v) is 17.7. The molecule has 1 saturated carbocycles. The van der Waals surface area contributed by atoms with Gasteiger partial charge in [-0.25, -0.2) is 8.78 Å². The normalized spacial score (nSPS) is 20.2. The number of allylic oxidation sites excluding steroid dienone is 2. The lowest BCUT2D eigenvalue weighted by Crippen LogP contribution is -2.23. The first-order chi connectivity index (χ1) is 22.0. The van der Waals surface area contributed by atoms with Crippen LogP contribution in [-0.2, 0) is 0 Å². The Morgan fingerprint density at radius 2 is 1.33 bits per heavy atom. The van der Waals surface area contributed by atoms with Crippen molar-refractivity contribution < 1.29 is 17.9 Å². The molecule has 2 aliphatic rings. The van der Waals surface area contributed by atoms with E-state index in [1.165, 1.54) is 63.9 Å². The van der Waals surface area contributed by atoms with E-state index in [-0.39, 0.29) is 17.1 Å². The molecule has 0 N–H and O–H groups in total. The maximum absolute atomic E-state index is 15.4. The van der Waals surface area contributed by atoms with E-state index in [2.05, 4.69) is 19.9 Å². The second-order valence-corrected chi connectivity index (χ2v) is 13.5. The third-order valence-corrected chi connectivity index (χ3v) is 10.4. The van der Waals surface area contributed by atoms with Gasteiger partial charge in [-0.2, -0.15) is 4.39 Å². The Balaban J connectivity index is 1.17. The van der Waals surface area contributed by atoms with Crippen molar-refractivity contribution in [1.29, 1.82) is 0 Å². The molecule has 3 aromatic carbocycles. The molecule has 0 amide bonds. The minimum atomic E-state index is -0.956. The highest BCUT2D eigenvalue weighted by Crippen LogP contribution is 2.42. The molecule has 0 bridgehead atoms. The molecule has 3 aromatic rings. The Kier molecular flexibility index (Phi) is 12.2. The fourth-order valence-corrected chi connectivity index (χ4v) is 7.61. The van der Waals surface area contributed by atoms with Crippen molar-refractivity contribution in [2.45, 2.75) is 110 Å². The number of unbranched alkanes of at least 4 members (excludes halogenated alkanes) is 5. The van der Waals surface area contributed by atoms with Gasteiger partial charge in [-0.05, 0) is 96.7 Å². The summed E-state index contributed by atoms with van der Waals surface area (Å²) >= 11 is 0. The Hall–Kier alpha value is -3.01. The average Bonchev–Trinajstić information content (AvgIpc) is 3.07. The first kappa shape index (κ1) is 33.4. The van der Waals surface area contributed by atoms with E-state index < -0.39 is 11.6 Å². The zero-order chi connectivity index (χ0) is 31.6. The molecule has 0 aliphatic heterocycles. The molecule has 1 fully saturated rings. The van der Waals surface area contributed by atoms with Gasteiger partial charge in [-0.3, -0.25) is 0 Å². The number of hydrogen-bond acceptors (Lipinski definition) is 1. The van der Waals surface area contributed by atoms with Crippen LogP contribution < -0.4 is 4.74 Å². The van der Waals surface area contributed by atoms with Gasteiger partial charge in [0.15, 0.2) is 11.6 Å². The lowest BCUT2D eigenvalue weighted by molar-refractivity contribution is 0.189. The number of rotatable bonds is 14. The second-order valence-electron chi connectivity index (χ2n) is 13.5. The van der Waals surface area contributed by atoms with Crippen LogP contribution in [-0.4, -0.2) is 6.61 Å². The van der Waals surface area contributed by atoms with Crippen molar-refractivity contribution in [2.24, 2.45) is 17.8 Å². The van der Waals surface area contributed by atoms with Crippen molar-refractivity contribution in [3.63, 3.8) is 0 Å². The van der Waals surface area contributed by atoms with Crippen LogP contribution in [0.15, 0.2) is 60.7 Å². The number of halogens is 3. The Bertz CT molecular complexity index is 1400. The lowest BCUT2D eigenvalue weighted by Gasteiger charge is -2.35. The smallest absolute Gasteiger partial charge is 0.201 e. The molecule has 0 spiro atoms. The summed E-state index contributed by atoms with van der Waals surface area (Å²) in [5.74, 6) is 0.385. The monoisotopic (exact) mass is 616 g/mol. The van der Waals surface area contributed by atoms with Gasteiger partial charge >= 0.3 is 0 Å². The van der Waals surface area contributed by atoms with Gasteiger partial charge in [0.05, 0.1) is 6.61 Å². The molecule has 1 atom stereocenters. The van der Waals surface area contributed by atoms with E-state index in [0.29, 0.717) is 17.7 Å². The third kappa shape index (κ3) is 8.63. The number of benzene rings is 3. The van der Waals surface area contributed by atoms with Gasteiger partial charge in [-0.1, -0.05) is 114 Å². The zero-order valence-corrected chi connectivity index (χ0v) is 27.4. The molecule has 0 saturated heterocycles. The topological polar surface area (TPSA) is 9.23 Å². The van der Waals surface area contributed by atoms with Crippen LogP contribution in [0.25, 0.3) is 27.8 Å². The average molecular weight is 617 g/mol. The highest BCUT2D eigenvalue weighted by atomic mass is 19.2. The molecule has 4 heteroatoms. The van der Waals surface area contributed by atoms with Gasteiger partial charge in [0.25, 0.3) is 0 Å². The summed E-state index contributed by atoms with van der Waals surface area (Å²) in [4.78, 5) is 0. The fourth-order valence-electron chi connectivity index (χ4n) is 7.61. The van der Waals surface area contributed by atoms with Crippen molar-refractivity contribution in [2.75, 3.05) is 6.61 Å². The van der Waals surface area contributed by atoms with Gasteiger partial charge in [0, 0.05) is 11.1 Å². The molecule has 242 valence electrons. The van der Waals surface area contributed by atoms with Gasteiger partial charge in [0.1, 0.15) is 5.82 Å². The lowest BCUT2D eigenvalue weighted by atomic mass is 9.70. The third-order valence-electron chi connectivity index (χ3n) is 10.4. The van der Waals surface area contributed by atoms with Gasteiger partial charge in [-0.15, -0.1) is 0 Å². The quantitative estimate of drug-likeness (QED) is 0.164. The molecule has 1 nitrogen and oxygen atoms in total. The summed E-state index contributed by atoms with van der Waals surface area (Å²) in [6.45, 7) is 4.85. The highest BCUT2D eigenvalue weighted by molar-refractivity contribution is 5.74. The predicted molar refractivity (Wildman–Crippen MR) is 182 cm³/mol. The number of ether oxygens (including phenoxy) is 1. The summed E-state index contributed by atoms with van der Waals surface area (Å²) < 4.78 is 50.8. The SMILES string of the molecule is CCCCCCCCOc1ccc(-c2ccc(-c3ccc(C4=CCC(C5CCC(CCC)CC5)CC4)c(F)c3)cc2)c(F)c1F. The van der Waals surface area contributed by atoms with E-state index in [0.717, 1.165) is 73.0 Å². The van der Waals surface area contributed by atoms with Crippen molar-refractivity contribution in [1.82, 2.24) is 0 Å². The van der Waals surface area contributed by atoms with Gasteiger partial charge in [0.2, 0.25) is 5.82 Å². The molecule has 45 heavy (non-hydrogen) atoms. The van der Waals surface area contributed by atoms with Crippen LogP contribution in [0.2, 0.25) is 0 Å². The first-order valence-electron chi connectivity index (χ1n) is 17.7. The van der Waals surface area contributed by atoms with E-state index in [1.54, 1.807) is 24.3 Å². The van der Waals surface area contributed by atoms with Crippen molar-refractivity contribution >= 4 is 5.57 Å². The summed E-state index contributed by atoms with van der Waals surface area (Å²) in [7, 11) is 0. The van der Waals surface area contributed by atoms with Crippen molar-refractivity contribution in [3.05, 3.63) is 83.7 Å². The standard InChI is InChI=1S/C41H51F3O/c1-3-5-6-7-8-9-27-45-39-26-25-37(40(43)41(39)44)34-21-17-32(18-22-34)35-23-24-36(38(42)28-35)33-19-15-31(16-20-33)30-13-11-29(10-4-2)12-14-30/h17-19,21-26,28-31H,3-16,20,27H2,1-2H3. The molecular formula is C41H51F3O. The van der Waals surface area contributed by atoms with Crippen LogP contribution in [0.1, 0.15) is 116 Å². The summed E-state index contributed by atoms with van der Waals surface area (Å²) in [6.07, 6.45) is 20.2. The predicted octanol–water partition coefficient (Wildman–Crippen LogP) is 13.0. The largest absolute Gasteiger partial charge is 0.490 e. The number of hydrogen-bond donors (Lipinski definition) is 0. The Labute approximate surface area is 269 Å². The summed E-state index contributed by atoms with van der Waals surface area (Å²) in [5, 5.41) is 0. The Morgan fingerprint density at radius 1 is 0.644 bits per heavy atom. The van der Waals surface area contributed by atoms with Crippen LogP contribution in [0, 0.1) is 35.2 Å². The highest BCUT2D eigenvalue weighted by Gasteiger charge is 2.29. The van der Waals surface area contributed by atoms with Crippen LogP contribution in [0.4, 0.5) is 13.2 Å². The van der Waals surface area contributed by atoms with E-state index >= 15 is 8.78 Å². The van der Waals surface area contributed by atoms with Crippen LogP contribution in [0.5, 0.6) is 5.75 Å². The summed E-state index contributed by atoms with van der Waals surface area (Å²) in [6, 6.07) is 15.7. The molecule has 0 radical (unpaired) electrons. The molecule has 5 rings (SSSR count).